The van der Waals surface area contributed by atoms with E-state index in [0.717, 1.165) is 29.6 Å². The average Bonchev–Trinajstić information content (AvgIpc) is 3.74. The topological polar surface area (TPSA) is 118 Å². The molecule has 1 aromatic heterocycles. The fourth-order valence-corrected chi connectivity index (χ4v) is 9.03. The highest BCUT2D eigenvalue weighted by molar-refractivity contribution is 5.98. The van der Waals surface area contributed by atoms with Gasteiger partial charge in [0.15, 0.2) is 0 Å². The summed E-state index contributed by atoms with van der Waals surface area (Å²) in [5.41, 5.74) is 2.53. The van der Waals surface area contributed by atoms with Crippen molar-refractivity contribution in [1.82, 2.24) is 25.0 Å². The first-order valence-electron chi connectivity index (χ1n) is 16.4. The second-order valence-corrected chi connectivity index (χ2v) is 14.0. The van der Waals surface area contributed by atoms with E-state index in [4.69, 9.17) is 4.74 Å². The molecule has 3 aromatic rings. The number of ether oxygens (including phenoxy) is 1. The van der Waals surface area contributed by atoms with Gasteiger partial charge in [-0.25, -0.2) is 0 Å². The Kier molecular flexibility index (Phi) is 6.47. The van der Waals surface area contributed by atoms with Gasteiger partial charge in [-0.15, -0.1) is 0 Å². The van der Waals surface area contributed by atoms with Crippen molar-refractivity contribution in [3.8, 4) is 0 Å². The first kappa shape index (κ1) is 28.7. The predicted molar refractivity (Wildman–Crippen MR) is 167 cm³/mol. The molecule has 236 valence electrons. The maximum Gasteiger partial charge on any atom is 0.281 e. The Bertz CT molecular complexity index is 1690. The van der Waals surface area contributed by atoms with E-state index in [1.165, 1.54) is 15.8 Å². The normalized spacial score (nSPS) is 34.3. The number of nitrogens with one attached hydrogen (secondary N) is 2. The number of rotatable bonds is 5. The lowest BCUT2D eigenvalue weighted by Gasteiger charge is -2.48. The smallest absolute Gasteiger partial charge is 0.281 e. The van der Waals surface area contributed by atoms with E-state index < -0.39 is 41.5 Å². The van der Waals surface area contributed by atoms with Crippen LogP contribution in [0.2, 0.25) is 0 Å². The first-order valence-corrected chi connectivity index (χ1v) is 16.4. The van der Waals surface area contributed by atoms with E-state index in [1.54, 1.807) is 4.90 Å². The maximum absolute atomic E-state index is 14.7. The van der Waals surface area contributed by atoms with Gasteiger partial charge in [0.2, 0.25) is 17.5 Å². The Labute approximate surface area is 262 Å². The van der Waals surface area contributed by atoms with Gasteiger partial charge in [-0.3, -0.25) is 24.0 Å². The third kappa shape index (κ3) is 4.01. The molecule has 0 saturated carbocycles. The van der Waals surface area contributed by atoms with Gasteiger partial charge in [0.05, 0.1) is 0 Å². The van der Waals surface area contributed by atoms with Crippen LogP contribution in [0.5, 0.6) is 0 Å². The minimum absolute atomic E-state index is 0.0696. The number of aliphatic hydroxyl groups is 1. The fourth-order valence-electron chi connectivity index (χ4n) is 9.03. The molecule has 3 amide bonds. The third-order valence-electron chi connectivity index (χ3n) is 11.3. The zero-order valence-electron chi connectivity index (χ0n) is 26.0. The molecule has 4 aliphatic heterocycles. The number of fused-ring (bicyclic) bond motifs is 5. The van der Waals surface area contributed by atoms with E-state index in [1.807, 2.05) is 50.2 Å². The average molecular weight is 612 g/mol. The fraction of sp³-hybridized carbons (Fsp3) is 0.514. The molecular formula is C35H41N5O5. The minimum atomic E-state index is -2.05. The van der Waals surface area contributed by atoms with Crippen molar-refractivity contribution in [3.05, 3.63) is 71.4 Å². The number of likely N-dealkylation sites (tertiary alicyclic amines) is 1. The van der Waals surface area contributed by atoms with Gasteiger partial charge in [-0.1, -0.05) is 56.3 Å². The molecule has 45 heavy (non-hydrogen) atoms. The van der Waals surface area contributed by atoms with E-state index >= 15 is 0 Å². The lowest BCUT2D eigenvalue weighted by Crippen LogP contribution is -2.71. The van der Waals surface area contributed by atoms with E-state index in [-0.39, 0.29) is 30.2 Å². The molecule has 0 spiro atoms. The Hall–Kier alpha value is -3.73. The van der Waals surface area contributed by atoms with Crippen molar-refractivity contribution in [1.29, 1.82) is 0 Å². The second-order valence-electron chi connectivity index (χ2n) is 14.0. The summed E-state index contributed by atoms with van der Waals surface area (Å²) in [6, 6.07) is 14.2. The number of piperazine rings is 1. The van der Waals surface area contributed by atoms with Crippen LogP contribution in [0.25, 0.3) is 10.9 Å². The van der Waals surface area contributed by atoms with Gasteiger partial charge < -0.3 is 25.2 Å². The van der Waals surface area contributed by atoms with Crippen LogP contribution in [0.15, 0.2) is 54.7 Å². The number of piperidine rings is 1. The number of carbonyl (C=O) groups is 3. The van der Waals surface area contributed by atoms with Gasteiger partial charge in [-0.05, 0) is 62.0 Å². The molecule has 2 unspecified atom stereocenters. The molecule has 2 aromatic carbocycles. The Balaban J connectivity index is 1.17. The summed E-state index contributed by atoms with van der Waals surface area (Å²) >= 11 is 0. The monoisotopic (exact) mass is 611 g/mol. The summed E-state index contributed by atoms with van der Waals surface area (Å²) in [4.78, 5) is 51.9. The Morgan fingerprint density at radius 2 is 1.91 bits per heavy atom. The SMILES string of the molecule is CC(C)[C@@]1(NC(=O)C2CCN(C)[C@H]3Cc4c[nH]c5cccc(c45)C23)O[C@@]2(O)[C@@H]3CCCN3C(=O)[C@H](Cc3ccccc3)N2C1=O. The van der Waals surface area contributed by atoms with E-state index in [0.29, 0.717) is 25.8 Å². The molecule has 4 saturated heterocycles. The van der Waals surface area contributed by atoms with Gasteiger partial charge in [-0.2, -0.15) is 0 Å². The number of aromatic amines is 1. The highest BCUT2D eigenvalue weighted by atomic mass is 16.7. The lowest BCUT2D eigenvalue weighted by molar-refractivity contribution is -0.321. The first-order chi connectivity index (χ1) is 21.6. The quantitative estimate of drug-likeness (QED) is 0.409. The van der Waals surface area contributed by atoms with Crippen LogP contribution in [-0.2, 0) is 32.0 Å². The molecule has 10 heteroatoms. The number of amides is 3. The van der Waals surface area contributed by atoms with Crippen LogP contribution in [0.4, 0.5) is 0 Å². The van der Waals surface area contributed by atoms with Crippen LogP contribution < -0.4 is 5.32 Å². The van der Waals surface area contributed by atoms with Crippen molar-refractivity contribution in [2.75, 3.05) is 20.1 Å². The summed E-state index contributed by atoms with van der Waals surface area (Å²) in [6.07, 6.45) is 4.99. The minimum Gasteiger partial charge on any atom is -0.361 e. The molecule has 0 radical (unpaired) electrons. The number of carbonyl (C=O) groups excluding carboxylic acids is 3. The largest absolute Gasteiger partial charge is 0.361 e. The molecule has 0 bridgehead atoms. The number of H-pyrrole nitrogens is 1. The van der Waals surface area contributed by atoms with Crippen molar-refractivity contribution in [2.45, 2.75) is 81.6 Å². The third-order valence-corrected chi connectivity index (χ3v) is 11.3. The van der Waals surface area contributed by atoms with Crippen LogP contribution in [-0.4, -0.2) is 92.4 Å². The summed E-state index contributed by atoms with van der Waals surface area (Å²) in [5, 5.41) is 16.7. The van der Waals surface area contributed by atoms with E-state index in [9.17, 15) is 19.5 Å². The zero-order valence-corrected chi connectivity index (χ0v) is 26.0. The highest BCUT2D eigenvalue weighted by Gasteiger charge is 2.72. The van der Waals surface area contributed by atoms with Gasteiger partial charge in [0, 0.05) is 53.9 Å². The number of aromatic nitrogens is 1. The summed E-state index contributed by atoms with van der Waals surface area (Å²) in [6.45, 7) is 4.89. The molecule has 1 aliphatic carbocycles. The molecule has 8 rings (SSSR count). The molecule has 10 nitrogen and oxygen atoms in total. The summed E-state index contributed by atoms with van der Waals surface area (Å²) in [5.74, 6) is -4.04. The number of likely N-dealkylation sites (N-methyl/N-ethyl adjacent to an activating group) is 1. The second kappa shape index (κ2) is 10.1. The van der Waals surface area contributed by atoms with Crippen LogP contribution in [0.3, 0.4) is 0 Å². The number of hydrogen-bond donors (Lipinski definition) is 3. The van der Waals surface area contributed by atoms with Crippen LogP contribution in [0, 0.1) is 11.8 Å². The van der Waals surface area contributed by atoms with Crippen molar-refractivity contribution < 1.29 is 24.2 Å². The predicted octanol–water partition coefficient (Wildman–Crippen LogP) is 2.72. The molecule has 5 heterocycles. The number of benzene rings is 2. The molecule has 7 atom stereocenters. The summed E-state index contributed by atoms with van der Waals surface area (Å²) < 4.78 is 6.56. The van der Waals surface area contributed by atoms with Crippen molar-refractivity contribution >= 4 is 28.6 Å². The van der Waals surface area contributed by atoms with Gasteiger partial charge in [0.1, 0.15) is 12.1 Å². The number of hydrogen-bond acceptors (Lipinski definition) is 6. The van der Waals surface area contributed by atoms with Crippen LogP contribution >= 0.6 is 0 Å². The van der Waals surface area contributed by atoms with Gasteiger partial charge >= 0.3 is 0 Å². The van der Waals surface area contributed by atoms with Crippen LogP contribution in [0.1, 0.15) is 55.7 Å². The summed E-state index contributed by atoms with van der Waals surface area (Å²) in [7, 11) is 2.12. The van der Waals surface area contributed by atoms with Crippen molar-refractivity contribution in [2.24, 2.45) is 11.8 Å². The maximum atomic E-state index is 14.7. The molecule has 3 N–H and O–H groups in total. The Morgan fingerprint density at radius 1 is 1.11 bits per heavy atom. The Morgan fingerprint density at radius 3 is 2.69 bits per heavy atom. The van der Waals surface area contributed by atoms with Crippen molar-refractivity contribution in [3.63, 3.8) is 0 Å². The standard InChI is InChI=1S/C35H41N5O5/c1-20(2)34(37-31(41)24-14-16-38(3)26-18-22-19-36-25-12-7-11-23(29(22)25)30(24)26)33(43)40-27(17-21-9-5-4-6-10-21)32(42)39-15-8-13-28(39)35(40,44)45-34/h4-7,9-12,19-20,24,26-28,30,36,44H,8,13-18H2,1-3H3,(H,37,41)/t24?,26-,27-,28-,30?,34+,35-/m0/s1. The highest BCUT2D eigenvalue weighted by Crippen LogP contribution is 2.49. The number of nitrogens with zero attached hydrogens (tertiary/aromatic N) is 3. The zero-order chi connectivity index (χ0) is 31.2. The van der Waals surface area contributed by atoms with Gasteiger partial charge in [0.25, 0.3) is 11.8 Å². The molecule has 5 aliphatic rings. The molecular weight excluding hydrogens is 570 g/mol. The molecule has 4 fully saturated rings. The van der Waals surface area contributed by atoms with E-state index in [2.05, 4.69) is 40.6 Å². The lowest BCUT2D eigenvalue weighted by atomic mass is 9.69.